The predicted octanol–water partition coefficient (Wildman–Crippen LogP) is 3.93. The summed E-state index contributed by atoms with van der Waals surface area (Å²) in [7, 11) is 0. The Kier molecular flexibility index (Phi) is 9.04. The Labute approximate surface area is 228 Å². The molecule has 206 valence electrons. The van der Waals surface area contributed by atoms with Crippen molar-refractivity contribution < 1.29 is 19.1 Å². The molecule has 1 aromatic heterocycles. The molecular formula is C28H38N4O5S. The number of nitrogens with zero attached hydrogens (tertiary/aromatic N) is 2. The number of aromatic nitrogens is 1. The number of alkyl carbamates (subject to hydrolysis) is 1. The predicted molar refractivity (Wildman–Crippen MR) is 149 cm³/mol. The van der Waals surface area contributed by atoms with Crippen LogP contribution in [-0.4, -0.2) is 60.8 Å². The normalized spacial score (nSPS) is 17.2. The number of anilines is 1. The van der Waals surface area contributed by atoms with Crippen molar-refractivity contribution in [2.75, 3.05) is 43.5 Å². The molecule has 0 radical (unpaired) electrons. The van der Waals surface area contributed by atoms with Gasteiger partial charge in [0.15, 0.2) is 0 Å². The Morgan fingerprint density at radius 3 is 2.53 bits per heavy atom. The Morgan fingerprint density at radius 1 is 1.16 bits per heavy atom. The van der Waals surface area contributed by atoms with E-state index in [1.54, 1.807) is 31.5 Å². The summed E-state index contributed by atoms with van der Waals surface area (Å²) < 4.78 is 12.4. The number of fused-ring (bicyclic) bond motifs is 1. The smallest absolute Gasteiger partial charge is 0.408 e. The second-order valence-corrected chi connectivity index (χ2v) is 11.6. The zero-order chi connectivity index (χ0) is 27.3. The molecule has 0 spiro atoms. The number of carbonyl (C=O) groups is 2. The van der Waals surface area contributed by atoms with Crippen LogP contribution in [0.25, 0.3) is 0 Å². The number of morpholine rings is 1. The van der Waals surface area contributed by atoms with E-state index in [2.05, 4.69) is 34.6 Å². The van der Waals surface area contributed by atoms with Gasteiger partial charge in [-0.25, -0.2) is 4.79 Å². The second kappa shape index (κ2) is 12.3. The van der Waals surface area contributed by atoms with Crippen LogP contribution in [0.15, 0.2) is 40.2 Å². The van der Waals surface area contributed by atoms with Gasteiger partial charge in [0.05, 0.1) is 36.9 Å². The van der Waals surface area contributed by atoms with Crippen LogP contribution < -0.4 is 21.1 Å². The minimum Gasteiger partial charge on any atom is -0.444 e. The molecule has 10 heteroatoms. The monoisotopic (exact) mass is 542 g/mol. The number of nitrogens with one attached hydrogen (secondary N) is 2. The van der Waals surface area contributed by atoms with Gasteiger partial charge in [0.2, 0.25) is 0 Å². The molecule has 1 atom stereocenters. The zero-order valence-electron chi connectivity index (χ0n) is 22.7. The van der Waals surface area contributed by atoms with Gasteiger partial charge >= 0.3 is 6.09 Å². The number of amides is 2. The second-order valence-electron chi connectivity index (χ2n) is 10.6. The lowest BCUT2D eigenvalue weighted by Crippen LogP contribution is -2.38. The van der Waals surface area contributed by atoms with Crippen molar-refractivity contribution in [1.82, 2.24) is 15.2 Å². The summed E-state index contributed by atoms with van der Waals surface area (Å²) in [5.74, 6) is 0.244. The summed E-state index contributed by atoms with van der Waals surface area (Å²) in [5.41, 5.74) is 2.09. The van der Waals surface area contributed by atoms with Crippen LogP contribution in [0.5, 0.6) is 0 Å². The maximum atomic E-state index is 13.7. The van der Waals surface area contributed by atoms with Crippen LogP contribution in [0.1, 0.15) is 68.1 Å². The highest BCUT2D eigenvalue weighted by atomic mass is 32.2. The molecule has 2 N–H and O–H groups in total. The average Bonchev–Trinajstić information content (AvgIpc) is 3.29. The first-order valence-corrected chi connectivity index (χ1v) is 14.2. The fraction of sp³-hybridized carbons (Fsp3) is 0.536. The first-order valence-electron chi connectivity index (χ1n) is 13.3. The molecule has 0 bridgehead atoms. The Morgan fingerprint density at radius 2 is 1.87 bits per heavy atom. The highest BCUT2D eigenvalue weighted by Crippen LogP contribution is 2.38. The van der Waals surface area contributed by atoms with Crippen LogP contribution in [0.4, 0.5) is 10.5 Å². The summed E-state index contributed by atoms with van der Waals surface area (Å²) >= 11 is 1.42. The maximum Gasteiger partial charge on any atom is 0.408 e. The van der Waals surface area contributed by atoms with E-state index in [1.807, 2.05) is 12.1 Å². The van der Waals surface area contributed by atoms with E-state index in [0.717, 1.165) is 37.2 Å². The van der Waals surface area contributed by atoms with E-state index >= 15 is 0 Å². The quantitative estimate of drug-likeness (QED) is 0.487. The molecule has 1 saturated heterocycles. The van der Waals surface area contributed by atoms with Crippen LogP contribution >= 0.6 is 11.8 Å². The summed E-state index contributed by atoms with van der Waals surface area (Å²) in [4.78, 5) is 42.3. The van der Waals surface area contributed by atoms with Gasteiger partial charge in [-0.05, 0) is 44.9 Å². The molecule has 3 heterocycles. The van der Waals surface area contributed by atoms with Crippen LogP contribution in [-0.2, 0) is 16.0 Å². The molecule has 2 amide bonds. The molecule has 2 aliphatic rings. The molecule has 9 nitrogen and oxygen atoms in total. The third-order valence-electron chi connectivity index (χ3n) is 6.43. The standard InChI is InChI=1S/C28H38N4O5S/c1-5-6-11-29-25(33)21-17-32(16-19-7-9-20(10-8-19)31-12-14-36-15-13-31)26(34)23-22(18-38-24(21)23)30-27(35)37-28(2,3)4/h7-10,17,22H,5-6,11-16,18H2,1-4H3,(H,29,33)(H,30,35)/t22-/m0/s1. The van der Waals surface area contributed by atoms with Crippen molar-refractivity contribution in [3.05, 3.63) is 57.5 Å². The van der Waals surface area contributed by atoms with Crippen molar-refractivity contribution in [2.45, 2.75) is 63.6 Å². The van der Waals surface area contributed by atoms with Gasteiger partial charge in [-0.1, -0.05) is 25.5 Å². The van der Waals surface area contributed by atoms with E-state index in [4.69, 9.17) is 9.47 Å². The minimum absolute atomic E-state index is 0.212. The van der Waals surface area contributed by atoms with Gasteiger partial charge in [0, 0.05) is 42.2 Å². The van der Waals surface area contributed by atoms with Gasteiger partial charge < -0.3 is 29.6 Å². The SMILES string of the molecule is CCCCNC(=O)c1cn(Cc2ccc(N3CCOCC3)cc2)c(=O)c2c1SC[C@@H]2NC(=O)OC(C)(C)C. The number of benzene rings is 1. The van der Waals surface area contributed by atoms with E-state index < -0.39 is 17.7 Å². The number of unbranched alkanes of at least 4 members (excludes halogenated alkanes) is 1. The molecule has 4 rings (SSSR count). The fourth-order valence-electron chi connectivity index (χ4n) is 4.53. The molecule has 1 fully saturated rings. The van der Waals surface area contributed by atoms with E-state index in [1.165, 1.54) is 11.8 Å². The Balaban J connectivity index is 1.62. The van der Waals surface area contributed by atoms with Gasteiger partial charge in [0.25, 0.3) is 11.5 Å². The summed E-state index contributed by atoms with van der Waals surface area (Å²) in [6, 6.07) is 7.59. The van der Waals surface area contributed by atoms with E-state index in [9.17, 15) is 14.4 Å². The molecule has 2 aromatic rings. The summed E-state index contributed by atoms with van der Waals surface area (Å²) in [5, 5.41) is 5.82. The number of hydrogen-bond donors (Lipinski definition) is 2. The third-order valence-corrected chi connectivity index (χ3v) is 7.65. The largest absolute Gasteiger partial charge is 0.444 e. The van der Waals surface area contributed by atoms with Crippen molar-refractivity contribution >= 4 is 29.4 Å². The lowest BCUT2D eigenvalue weighted by molar-refractivity contribution is 0.0508. The number of ether oxygens (including phenoxy) is 2. The third kappa shape index (κ3) is 6.91. The molecule has 2 aliphatic heterocycles. The number of thioether (sulfide) groups is 1. The van der Waals surface area contributed by atoms with Crippen molar-refractivity contribution in [1.29, 1.82) is 0 Å². The van der Waals surface area contributed by atoms with E-state index in [-0.39, 0.29) is 11.5 Å². The number of carbonyl (C=O) groups excluding carboxylic acids is 2. The highest BCUT2D eigenvalue weighted by Gasteiger charge is 2.34. The number of hydrogen-bond acceptors (Lipinski definition) is 7. The average molecular weight is 543 g/mol. The lowest BCUT2D eigenvalue weighted by Gasteiger charge is -2.29. The van der Waals surface area contributed by atoms with Gasteiger partial charge in [0.1, 0.15) is 5.60 Å². The molecule has 0 saturated carbocycles. The van der Waals surface area contributed by atoms with E-state index in [0.29, 0.717) is 48.1 Å². The lowest BCUT2D eigenvalue weighted by atomic mass is 10.1. The molecule has 0 unspecified atom stereocenters. The number of rotatable bonds is 8. The van der Waals surface area contributed by atoms with Gasteiger partial charge in [-0.2, -0.15) is 0 Å². The first kappa shape index (κ1) is 28.0. The van der Waals surface area contributed by atoms with Crippen molar-refractivity contribution in [3.63, 3.8) is 0 Å². The molecule has 0 aliphatic carbocycles. The fourth-order valence-corrected chi connectivity index (χ4v) is 5.80. The van der Waals surface area contributed by atoms with Gasteiger partial charge in [-0.15, -0.1) is 11.8 Å². The van der Waals surface area contributed by atoms with Crippen molar-refractivity contribution in [2.24, 2.45) is 0 Å². The Hall–Kier alpha value is -2.98. The topological polar surface area (TPSA) is 102 Å². The highest BCUT2D eigenvalue weighted by molar-refractivity contribution is 7.99. The first-order chi connectivity index (χ1) is 18.2. The van der Waals surface area contributed by atoms with Crippen LogP contribution in [0, 0.1) is 0 Å². The van der Waals surface area contributed by atoms with Crippen LogP contribution in [0.2, 0.25) is 0 Å². The van der Waals surface area contributed by atoms with Crippen molar-refractivity contribution in [3.8, 4) is 0 Å². The summed E-state index contributed by atoms with van der Waals surface area (Å²) in [6.45, 7) is 11.5. The number of pyridine rings is 1. The minimum atomic E-state index is -0.659. The molecule has 38 heavy (non-hydrogen) atoms. The Bertz CT molecular complexity index is 1200. The van der Waals surface area contributed by atoms with Gasteiger partial charge in [-0.3, -0.25) is 9.59 Å². The van der Waals surface area contributed by atoms with Crippen LogP contribution in [0.3, 0.4) is 0 Å². The molecule has 1 aromatic carbocycles. The summed E-state index contributed by atoms with van der Waals surface area (Å²) in [6.07, 6.45) is 2.91. The molecular weight excluding hydrogens is 504 g/mol. The maximum absolute atomic E-state index is 13.7. The zero-order valence-corrected chi connectivity index (χ0v) is 23.5.